The van der Waals surface area contributed by atoms with E-state index in [-0.39, 0.29) is 0 Å². The highest BCUT2D eigenvalue weighted by molar-refractivity contribution is 5.06. The van der Waals surface area contributed by atoms with E-state index in [4.69, 9.17) is 5.73 Å². The molecule has 1 aliphatic rings. The van der Waals surface area contributed by atoms with Crippen LogP contribution < -0.4 is 11.1 Å². The number of rotatable bonds is 2. The van der Waals surface area contributed by atoms with Crippen molar-refractivity contribution in [2.24, 2.45) is 5.73 Å². The van der Waals surface area contributed by atoms with Gasteiger partial charge in [0.25, 0.3) is 0 Å². The Morgan fingerprint density at radius 1 is 1.62 bits per heavy atom. The summed E-state index contributed by atoms with van der Waals surface area (Å²) in [6.07, 6.45) is -2.95. The zero-order chi connectivity index (χ0) is 9.90. The SMILES string of the molecule is NC1=CNCCC1OCC(F)(F)F. The van der Waals surface area contributed by atoms with Crippen LogP contribution >= 0.6 is 0 Å². The largest absolute Gasteiger partial charge is 0.411 e. The maximum atomic E-state index is 11.7. The molecule has 3 nitrogen and oxygen atoms in total. The summed E-state index contributed by atoms with van der Waals surface area (Å²) >= 11 is 0. The predicted octanol–water partition coefficient (Wildman–Crippen LogP) is 0.727. The third-order valence-corrected chi connectivity index (χ3v) is 1.64. The number of hydrogen-bond acceptors (Lipinski definition) is 3. The second kappa shape index (κ2) is 3.87. The van der Waals surface area contributed by atoms with Crippen molar-refractivity contribution >= 4 is 0 Å². The van der Waals surface area contributed by atoms with Gasteiger partial charge in [0.05, 0.1) is 5.70 Å². The van der Waals surface area contributed by atoms with Crippen LogP contribution in [0.3, 0.4) is 0 Å². The fraction of sp³-hybridized carbons (Fsp3) is 0.714. The number of alkyl halides is 3. The number of halogens is 3. The molecule has 3 N–H and O–H groups in total. The van der Waals surface area contributed by atoms with Gasteiger partial charge in [-0.05, 0) is 6.42 Å². The van der Waals surface area contributed by atoms with Gasteiger partial charge in [0.2, 0.25) is 0 Å². The molecule has 0 aliphatic carbocycles. The third-order valence-electron chi connectivity index (χ3n) is 1.64. The third kappa shape index (κ3) is 3.54. The highest BCUT2D eigenvalue weighted by Gasteiger charge is 2.30. The first-order chi connectivity index (χ1) is 5.99. The first kappa shape index (κ1) is 10.2. The molecule has 0 amide bonds. The molecule has 0 fully saturated rings. The summed E-state index contributed by atoms with van der Waals surface area (Å²) in [7, 11) is 0. The molecule has 13 heavy (non-hydrogen) atoms. The second-order valence-electron chi connectivity index (χ2n) is 2.80. The Morgan fingerprint density at radius 2 is 2.31 bits per heavy atom. The topological polar surface area (TPSA) is 47.3 Å². The Morgan fingerprint density at radius 3 is 2.85 bits per heavy atom. The molecule has 76 valence electrons. The van der Waals surface area contributed by atoms with Crippen molar-refractivity contribution in [2.75, 3.05) is 13.2 Å². The van der Waals surface area contributed by atoms with Crippen molar-refractivity contribution in [2.45, 2.75) is 18.7 Å². The minimum Gasteiger partial charge on any atom is -0.399 e. The van der Waals surface area contributed by atoms with E-state index in [2.05, 4.69) is 10.1 Å². The molecule has 0 aromatic rings. The summed E-state index contributed by atoms with van der Waals surface area (Å²) in [5.74, 6) is 0. The average Bonchev–Trinajstić information content (AvgIpc) is 2.01. The summed E-state index contributed by atoms with van der Waals surface area (Å²) in [5, 5.41) is 2.81. The van der Waals surface area contributed by atoms with Crippen LogP contribution in [-0.2, 0) is 4.74 Å². The first-order valence-electron chi connectivity index (χ1n) is 3.86. The lowest BCUT2D eigenvalue weighted by atomic mass is 10.1. The summed E-state index contributed by atoms with van der Waals surface area (Å²) in [5.41, 5.74) is 5.73. The van der Waals surface area contributed by atoms with E-state index < -0.39 is 18.9 Å². The molecule has 6 heteroatoms. The highest BCUT2D eigenvalue weighted by Crippen LogP contribution is 2.18. The Balaban J connectivity index is 2.36. The van der Waals surface area contributed by atoms with Crippen LogP contribution in [0.4, 0.5) is 13.2 Å². The van der Waals surface area contributed by atoms with Crippen LogP contribution in [0, 0.1) is 0 Å². The molecular weight excluding hydrogens is 185 g/mol. The monoisotopic (exact) mass is 196 g/mol. The van der Waals surface area contributed by atoms with Gasteiger partial charge < -0.3 is 15.8 Å². The number of nitrogens with two attached hydrogens (primary N) is 1. The van der Waals surface area contributed by atoms with Gasteiger partial charge in [0.1, 0.15) is 12.7 Å². The molecule has 0 saturated heterocycles. The Hall–Kier alpha value is -0.910. The smallest absolute Gasteiger partial charge is 0.399 e. The van der Waals surface area contributed by atoms with E-state index in [0.717, 1.165) is 0 Å². The Labute approximate surface area is 73.7 Å². The average molecular weight is 196 g/mol. The van der Waals surface area contributed by atoms with Gasteiger partial charge in [-0.25, -0.2) is 0 Å². The van der Waals surface area contributed by atoms with Crippen LogP contribution in [0.2, 0.25) is 0 Å². The lowest BCUT2D eigenvalue weighted by Crippen LogP contribution is -2.34. The van der Waals surface area contributed by atoms with Gasteiger partial charge in [0, 0.05) is 12.7 Å². The molecule has 1 aliphatic heterocycles. The normalized spacial score (nSPS) is 23.6. The molecule has 1 heterocycles. The van der Waals surface area contributed by atoms with Crippen molar-refractivity contribution in [3.63, 3.8) is 0 Å². The standard InChI is InChI=1S/C7H11F3N2O/c8-7(9,10)4-13-6-1-2-12-3-5(6)11/h3,6,12H,1-2,4,11H2. The molecule has 0 spiro atoms. The lowest BCUT2D eigenvalue weighted by molar-refractivity contribution is -0.182. The zero-order valence-electron chi connectivity index (χ0n) is 6.90. The van der Waals surface area contributed by atoms with E-state index in [1.54, 1.807) is 0 Å². The van der Waals surface area contributed by atoms with Gasteiger partial charge >= 0.3 is 6.18 Å². The Bertz CT molecular complexity index is 202. The van der Waals surface area contributed by atoms with Gasteiger partial charge in [-0.15, -0.1) is 0 Å². The quantitative estimate of drug-likeness (QED) is 0.684. The second-order valence-corrected chi connectivity index (χ2v) is 2.80. The van der Waals surface area contributed by atoms with Crippen molar-refractivity contribution in [1.82, 2.24) is 5.32 Å². The van der Waals surface area contributed by atoms with Crippen molar-refractivity contribution in [3.8, 4) is 0 Å². The zero-order valence-corrected chi connectivity index (χ0v) is 6.90. The van der Waals surface area contributed by atoms with Gasteiger partial charge in [-0.3, -0.25) is 0 Å². The van der Waals surface area contributed by atoms with Crippen LogP contribution in [0.1, 0.15) is 6.42 Å². The molecule has 0 aromatic carbocycles. The van der Waals surface area contributed by atoms with Gasteiger partial charge in [-0.1, -0.05) is 0 Å². The van der Waals surface area contributed by atoms with E-state index >= 15 is 0 Å². The fourth-order valence-corrected chi connectivity index (χ4v) is 1.04. The molecular formula is C7H11F3N2O. The number of nitrogens with one attached hydrogen (secondary N) is 1. The lowest BCUT2D eigenvalue weighted by Gasteiger charge is -2.23. The fourth-order valence-electron chi connectivity index (χ4n) is 1.04. The van der Waals surface area contributed by atoms with Crippen molar-refractivity contribution in [3.05, 3.63) is 11.9 Å². The minimum atomic E-state index is -4.29. The minimum absolute atomic E-state index is 0.315. The molecule has 1 unspecified atom stereocenters. The molecule has 1 rings (SSSR count). The summed E-state index contributed by atoms with van der Waals surface area (Å²) in [6.45, 7) is -0.657. The van der Waals surface area contributed by atoms with E-state index in [9.17, 15) is 13.2 Å². The van der Waals surface area contributed by atoms with Gasteiger partial charge in [0.15, 0.2) is 0 Å². The molecule has 1 atom stereocenters. The molecule has 0 radical (unpaired) electrons. The van der Waals surface area contributed by atoms with Crippen molar-refractivity contribution < 1.29 is 17.9 Å². The number of hydrogen-bond donors (Lipinski definition) is 2. The summed E-state index contributed by atoms with van der Waals surface area (Å²) < 4.78 is 39.8. The highest BCUT2D eigenvalue weighted by atomic mass is 19.4. The maximum Gasteiger partial charge on any atom is 0.411 e. The van der Waals surface area contributed by atoms with Crippen LogP contribution in [0.5, 0.6) is 0 Å². The van der Waals surface area contributed by atoms with Gasteiger partial charge in [-0.2, -0.15) is 13.2 Å². The molecule has 0 bridgehead atoms. The van der Waals surface area contributed by atoms with E-state index in [1.165, 1.54) is 6.20 Å². The molecule has 0 saturated carbocycles. The Kier molecular flexibility index (Phi) is 3.02. The van der Waals surface area contributed by atoms with Crippen molar-refractivity contribution in [1.29, 1.82) is 0 Å². The molecule has 0 aromatic heterocycles. The maximum absolute atomic E-state index is 11.7. The first-order valence-corrected chi connectivity index (χ1v) is 3.86. The van der Waals surface area contributed by atoms with Crippen LogP contribution in [0.25, 0.3) is 0 Å². The number of ether oxygens (including phenoxy) is 1. The van der Waals surface area contributed by atoms with E-state index in [1.807, 2.05) is 0 Å². The predicted molar refractivity (Wildman–Crippen MR) is 40.7 cm³/mol. The van der Waals surface area contributed by atoms with Crippen LogP contribution in [0.15, 0.2) is 11.9 Å². The summed E-state index contributed by atoms with van der Waals surface area (Å²) in [6, 6.07) is 0. The van der Waals surface area contributed by atoms with E-state index in [0.29, 0.717) is 18.7 Å². The van der Waals surface area contributed by atoms with Crippen LogP contribution in [-0.4, -0.2) is 25.4 Å². The summed E-state index contributed by atoms with van der Waals surface area (Å²) in [4.78, 5) is 0.